The molecule has 2 aromatic heterocycles. The molecule has 2 N–H and O–H groups in total. The highest BCUT2D eigenvalue weighted by Crippen LogP contribution is 2.35. The molecule has 2 aliphatic rings. The quantitative estimate of drug-likeness (QED) is 0.346. The van der Waals surface area contributed by atoms with Crippen LogP contribution < -0.4 is 20.1 Å². The summed E-state index contributed by atoms with van der Waals surface area (Å²) in [6, 6.07) is 2.04. The highest BCUT2D eigenvalue weighted by molar-refractivity contribution is 7.14. The van der Waals surface area contributed by atoms with Gasteiger partial charge in [0, 0.05) is 17.2 Å². The Labute approximate surface area is 212 Å². The molecule has 0 radical (unpaired) electrons. The van der Waals surface area contributed by atoms with Crippen LogP contribution in [-0.4, -0.2) is 65.0 Å². The molecular weight excluding hydrogens is 510 g/mol. The van der Waals surface area contributed by atoms with Gasteiger partial charge in [0.15, 0.2) is 22.3 Å². The Bertz CT molecular complexity index is 1330. The molecule has 4 heterocycles. The fraction of sp³-hybridized carbons (Fsp3) is 0.273. The van der Waals surface area contributed by atoms with Gasteiger partial charge < -0.3 is 24.8 Å². The lowest BCUT2D eigenvalue weighted by Crippen LogP contribution is -2.49. The van der Waals surface area contributed by atoms with Crippen LogP contribution in [0, 0.1) is 0 Å². The second-order valence-electron chi connectivity index (χ2n) is 7.71. The first kappa shape index (κ1) is 23.7. The number of nitrogens with one attached hydrogen (secondary N) is 2. The molecule has 14 heteroatoms. The third-order valence-electron chi connectivity index (χ3n) is 5.50. The number of carbonyl (C=O) groups excluding carboxylic acids is 4. The standard InChI is InChI=1S/C22H19N5O7S2/c1-32-20(30)13-9-36-21(24-13)26-18(28)14(7-12-8-35-10-23-12)27-19(29)17(25-22(27)31)11-2-3-15-16(6-11)34-5-4-33-15/h2-3,6,8-10,14,17H,4-5,7H2,1H3,(H,25,31)(H,24,26,28). The number of carbonyl (C=O) groups is 4. The average molecular weight is 530 g/mol. The van der Waals surface area contributed by atoms with Crippen molar-refractivity contribution in [2.75, 3.05) is 25.6 Å². The molecule has 2 aliphatic heterocycles. The van der Waals surface area contributed by atoms with Crippen LogP contribution in [0.3, 0.4) is 0 Å². The molecule has 1 aromatic carbocycles. The monoisotopic (exact) mass is 529 g/mol. The number of nitrogens with zero attached hydrogens (tertiary/aromatic N) is 3. The number of methoxy groups -OCH3 is 1. The number of hydrogen-bond acceptors (Lipinski definition) is 11. The van der Waals surface area contributed by atoms with Gasteiger partial charge in [-0.05, 0) is 17.7 Å². The number of anilines is 1. The number of urea groups is 1. The van der Waals surface area contributed by atoms with Crippen molar-refractivity contribution < 1.29 is 33.4 Å². The number of thiazole rings is 2. The summed E-state index contributed by atoms with van der Waals surface area (Å²) in [6.07, 6.45) is -0.00239. The third-order valence-corrected chi connectivity index (χ3v) is 6.89. The maximum Gasteiger partial charge on any atom is 0.357 e. The Morgan fingerprint density at radius 3 is 2.81 bits per heavy atom. The van der Waals surface area contributed by atoms with Gasteiger partial charge >= 0.3 is 12.0 Å². The van der Waals surface area contributed by atoms with Crippen molar-refractivity contribution in [1.29, 1.82) is 0 Å². The lowest BCUT2D eigenvalue weighted by Gasteiger charge is -2.24. The molecule has 2 unspecified atom stereocenters. The molecule has 0 saturated carbocycles. The van der Waals surface area contributed by atoms with E-state index >= 15 is 0 Å². The van der Waals surface area contributed by atoms with Crippen LogP contribution in [0.5, 0.6) is 11.5 Å². The SMILES string of the molecule is COC(=O)c1csc(NC(=O)C(Cc2cscn2)N2C(=O)NC(c3ccc4c(c3)OCCO4)C2=O)n1. The van der Waals surface area contributed by atoms with E-state index < -0.39 is 35.9 Å². The van der Waals surface area contributed by atoms with Crippen LogP contribution in [0.4, 0.5) is 9.93 Å². The molecule has 186 valence electrons. The van der Waals surface area contributed by atoms with Crippen molar-refractivity contribution in [2.24, 2.45) is 0 Å². The van der Waals surface area contributed by atoms with E-state index in [4.69, 9.17) is 9.47 Å². The lowest BCUT2D eigenvalue weighted by molar-refractivity contribution is -0.134. The topological polar surface area (TPSA) is 149 Å². The Kier molecular flexibility index (Phi) is 6.52. The van der Waals surface area contributed by atoms with E-state index in [1.165, 1.54) is 23.8 Å². The van der Waals surface area contributed by atoms with Crippen LogP contribution in [0.15, 0.2) is 34.5 Å². The molecule has 0 aliphatic carbocycles. The molecule has 5 rings (SSSR count). The van der Waals surface area contributed by atoms with Crippen LogP contribution in [-0.2, 0) is 20.7 Å². The summed E-state index contributed by atoms with van der Waals surface area (Å²) >= 11 is 2.34. The van der Waals surface area contributed by atoms with E-state index in [0.717, 1.165) is 16.2 Å². The second kappa shape index (κ2) is 9.91. The van der Waals surface area contributed by atoms with E-state index in [-0.39, 0.29) is 17.2 Å². The average Bonchev–Trinajstić information content (AvgIpc) is 3.63. The first-order valence-corrected chi connectivity index (χ1v) is 12.5. The van der Waals surface area contributed by atoms with Gasteiger partial charge in [-0.2, -0.15) is 0 Å². The predicted octanol–water partition coefficient (Wildman–Crippen LogP) is 2.00. The van der Waals surface area contributed by atoms with Gasteiger partial charge in [0.2, 0.25) is 5.91 Å². The number of esters is 1. The summed E-state index contributed by atoms with van der Waals surface area (Å²) in [5, 5.41) is 8.53. The van der Waals surface area contributed by atoms with E-state index in [1.54, 1.807) is 29.1 Å². The maximum atomic E-state index is 13.4. The summed E-state index contributed by atoms with van der Waals surface area (Å²) in [5.41, 5.74) is 2.66. The molecule has 2 atom stereocenters. The van der Waals surface area contributed by atoms with Gasteiger partial charge in [-0.15, -0.1) is 22.7 Å². The second-order valence-corrected chi connectivity index (χ2v) is 9.29. The van der Waals surface area contributed by atoms with Crippen molar-refractivity contribution in [1.82, 2.24) is 20.2 Å². The fourth-order valence-electron chi connectivity index (χ4n) is 3.81. The van der Waals surface area contributed by atoms with E-state index in [1.807, 2.05) is 0 Å². The fourth-order valence-corrected chi connectivity index (χ4v) is 5.06. The zero-order chi connectivity index (χ0) is 25.2. The number of aromatic nitrogens is 2. The number of ether oxygens (including phenoxy) is 3. The minimum absolute atomic E-state index is 0.00239. The zero-order valence-electron chi connectivity index (χ0n) is 18.8. The molecular formula is C22H19N5O7S2. The number of imide groups is 1. The van der Waals surface area contributed by atoms with Gasteiger partial charge in [-0.3, -0.25) is 9.59 Å². The number of amides is 4. The van der Waals surface area contributed by atoms with Crippen molar-refractivity contribution in [3.63, 3.8) is 0 Å². The van der Waals surface area contributed by atoms with Crippen LogP contribution >= 0.6 is 22.7 Å². The molecule has 1 saturated heterocycles. The van der Waals surface area contributed by atoms with Gasteiger partial charge in [-0.1, -0.05) is 6.07 Å². The molecule has 0 bridgehead atoms. The number of hydrogen-bond donors (Lipinski definition) is 2. The van der Waals surface area contributed by atoms with Gasteiger partial charge in [0.25, 0.3) is 5.91 Å². The van der Waals surface area contributed by atoms with E-state index in [2.05, 4.69) is 25.3 Å². The van der Waals surface area contributed by atoms with Crippen LogP contribution in [0.25, 0.3) is 0 Å². The van der Waals surface area contributed by atoms with Crippen molar-refractivity contribution in [3.05, 3.63) is 51.4 Å². The molecule has 1 fully saturated rings. The molecule has 36 heavy (non-hydrogen) atoms. The summed E-state index contributed by atoms with van der Waals surface area (Å²) in [5.74, 6) is -0.876. The zero-order valence-corrected chi connectivity index (χ0v) is 20.4. The summed E-state index contributed by atoms with van der Waals surface area (Å²) in [7, 11) is 1.22. The van der Waals surface area contributed by atoms with E-state index in [9.17, 15) is 19.2 Å². The number of benzene rings is 1. The summed E-state index contributed by atoms with van der Waals surface area (Å²) in [6.45, 7) is 0.796. The molecule has 4 amide bonds. The first-order chi connectivity index (χ1) is 17.4. The Hall–Kier alpha value is -4.04. The Morgan fingerprint density at radius 1 is 1.25 bits per heavy atom. The van der Waals surface area contributed by atoms with Crippen molar-refractivity contribution in [3.8, 4) is 11.5 Å². The highest BCUT2D eigenvalue weighted by Gasteiger charge is 2.46. The summed E-state index contributed by atoms with van der Waals surface area (Å²) < 4.78 is 15.7. The third kappa shape index (κ3) is 4.59. The first-order valence-electron chi connectivity index (χ1n) is 10.7. The Balaban J connectivity index is 1.40. The maximum absolute atomic E-state index is 13.4. The van der Waals surface area contributed by atoms with Gasteiger partial charge in [-0.25, -0.2) is 24.5 Å². The van der Waals surface area contributed by atoms with Gasteiger partial charge in [0.1, 0.15) is 25.3 Å². The molecule has 3 aromatic rings. The molecule has 12 nitrogen and oxygen atoms in total. The normalized spacial score (nSPS) is 17.5. The Morgan fingerprint density at radius 2 is 2.06 bits per heavy atom. The minimum atomic E-state index is -1.22. The van der Waals surface area contributed by atoms with Crippen molar-refractivity contribution >= 4 is 51.6 Å². The highest BCUT2D eigenvalue weighted by atomic mass is 32.1. The number of fused-ring (bicyclic) bond motifs is 1. The van der Waals surface area contributed by atoms with Crippen molar-refractivity contribution in [2.45, 2.75) is 18.5 Å². The minimum Gasteiger partial charge on any atom is -0.486 e. The predicted molar refractivity (Wildman–Crippen MR) is 127 cm³/mol. The van der Waals surface area contributed by atoms with Crippen LogP contribution in [0.1, 0.15) is 27.8 Å². The smallest absolute Gasteiger partial charge is 0.357 e. The lowest BCUT2D eigenvalue weighted by atomic mass is 10.0. The number of rotatable bonds is 7. The van der Waals surface area contributed by atoms with Gasteiger partial charge in [0.05, 0.1) is 18.3 Å². The molecule has 0 spiro atoms. The van der Waals surface area contributed by atoms with Crippen LogP contribution in [0.2, 0.25) is 0 Å². The van der Waals surface area contributed by atoms with E-state index in [0.29, 0.717) is 36.0 Å². The largest absolute Gasteiger partial charge is 0.486 e. The summed E-state index contributed by atoms with van der Waals surface area (Å²) in [4.78, 5) is 60.5.